The Morgan fingerprint density at radius 1 is 1.05 bits per heavy atom. The standard InChI is InChI=1S/C15H11FO4/c16-12-3-1-2-11(8-12)15(19)10-4-6-13(7-5-10)20-9-14(17)18/h1-8H,9H2,(H,17,18). The first-order chi connectivity index (χ1) is 9.56. The average Bonchev–Trinajstić information content (AvgIpc) is 2.45. The highest BCUT2D eigenvalue weighted by Crippen LogP contribution is 2.16. The molecule has 20 heavy (non-hydrogen) atoms. The van der Waals surface area contributed by atoms with Crippen molar-refractivity contribution in [3.63, 3.8) is 0 Å². The highest BCUT2D eigenvalue weighted by atomic mass is 19.1. The lowest BCUT2D eigenvalue weighted by Crippen LogP contribution is -2.09. The molecule has 5 heteroatoms. The van der Waals surface area contributed by atoms with Crippen molar-refractivity contribution in [1.82, 2.24) is 0 Å². The second-order valence-corrected chi connectivity index (χ2v) is 4.05. The molecule has 0 heterocycles. The van der Waals surface area contributed by atoms with Gasteiger partial charge in [0.2, 0.25) is 0 Å². The molecular formula is C15H11FO4. The topological polar surface area (TPSA) is 63.6 Å². The van der Waals surface area contributed by atoms with Gasteiger partial charge in [0.25, 0.3) is 0 Å². The number of aliphatic carboxylic acids is 1. The van der Waals surface area contributed by atoms with Gasteiger partial charge >= 0.3 is 5.97 Å². The minimum absolute atomic E-state index is 0.254. The number of hydrogen-bond donors (Lipinski definition) is 1. The Morgan fingerprint density at radius 2 is 1.75 bits per heavy atom. The predicted molar refractivity (Wildman–Crippen MR) is 69.4 cm³/mol. The maximum absolute atomic E-state index is 13.1. The van der Waals surface area contributed by atoms with Crippen molar-refractivity contribution in [3.8, 4) is 5.75 Å². The van der Waals surface area contributed by atoms with Crippen molar-refractivity contribution in [2.45, 2.75) is 0 Å². The van der Waals surface area contributed by atoms with Crippen LogP contribution >= 0.6 is 0 Å². The number of carboxylic acid groups (broad SMARTS) is 1. The van der Waals surface area contributed by atoms with Crippen LogP contribution < -0.4 is 4.74 Å². The summed E-state index contributed by atoms with van der Waals surface area (Å²) in [6, 6.07) is 11.4. The summed E-state index contributed by atoms with van der Waals surface area (Å²) in [4.78, 5) is 22.4. The molecule has 0 fully saturated rings. The van der Waals surface area contributed by atoms with E-state index in [-0.39, 0.29) is 11.3 Å². The molecule has 0 aromatic heterocycles. The number of ketones is 1. The smallest absolute Gasteiger partial charge is 0.341 e. The van der Waals surface area contributed by atoms with Crippen molar-refractivity contribution >= 4 is 11.8 Å². The van der Waals surface area contributed by atoms with Crippen LogP contribution in [0, 0.1) is 5.82 Å². The fourth-order valence-electron chi connectivity index (χ4n) is 1.64. The predicted octanol–water partition coefficient (Wildman–Crippen LogP) is 2.52. The van der Waals surface area contributed by atoms with E-state index in [1.165, 1.54) is 42.5 Å². The van der Waals surface area contributed by atoms with E-state index >= 15 is 0 Å². The Labute approximate surface area is 114 Å². The molecule has 0 bridgehead atoms. The summed E-state index contributed by atoms with van der Waals surface area (Å²) >= 11 is 0. The molecule has 0 saturated carbocycles. The molecule has 0 unspecified atom stereocenters. The Kier molecular flexibility index (Phi) is 4.10. The van der Waals surface area contributed by atoms with Gasteiger partial charge in [0.05, 0.1) is 0 Å². The van der Waals surface area contributed by atoms with Crippen molar-refractivity contribution in [1.29, 1.82) is 0 Å². The van der Waals surface area contributed by atoms with E-state index in [4.69, 9.17) is 9.84 Å². The maximum atomic E-state index is 13.1. The van der Waals surface area contributed by atoms with E-state index in [1.54, 1.807) is 0 Å². The van der Waals surface area contributed by atoms with E-state index in [1.807, 2.05) is 0 Å². The number of benzene rings is 2. The van der Waals surface area contributed by atoms with Crippen LogP contribution in [0.5, 0.6) is 5.75 Å². The zero-order valence-corrected chi connectivity index (χ0v) is 10.4. The van der Waals surface area contributed by atoms with Gasteiger partial charge < -0.3 is 9.84 Å². The highest BCUT2D eigenvalue weighted by Gasteiger charge is 2.10. The fourth-order valence-corrected chi connectivity index (χ4v) is 1.64. The summed E-state index contributed by atoms with van der Waals surface area (Å²) in [5.41, 5.74) is 0.627. The zero-order chi connectivity index (χ0) is 14.5. The third-order valence-electron chi connectivity index (χ3n) is 2.57. The van der Waals surface area contributed by atoms with Crippen LogP contribution in [0.1, 0.15) is 15.9 Å². The largest absolute Gasteiger partial charge is 0.482 e. The van der Waals surface area contributed by atoms with Gasteiger partial charge in [-0.1, -0.05) is 12.1 Å². The van der Waals surface area contributed by atoms with Gasteiger partial charge in [-0.05, 0) is 36.4 Å². The van der Waals surface area contributed by atoms with E-state index in [9.17, 15) is 14.0 Å². The SMILES string of the molecule is O=C(O)COc1ccc(C(=O)c2cccc(F)c2)cc1. The molecule has 0 radical (unpaired) electrons. The lowest BCUT2D eigenvalue weighted by atomic mass is 10.0. The third-order valence-corrected chi connectivity index (χ3v) is 2.57. The molecule has 0 aliphatic carbocycles. The first-order valence-electron chi connectivity index (χ1n) is 5.81. The molecule has 1 N–H and O–H groups in total. The molecule has 0 atom stereocenters. The van der Waals surface area contributed by atoms with E-state index in [0.29, 0.717) is 11.3 Å². The maximum Gasteiger partial charge on any atom is 0.341 e. The third kappa shape index (κ3) is 3.41. The van der Waals surface area contributed by atoms with Gasteiger partial charge in [-0.15, -0.1) is 0 Å². The molecule has 0 amide bonds. The number of hydrogen-bond acceptors (Lipinski definition) is 3. The van der Waals surface area contributed by atoms with Gasteiger partial charge in [-0.3, -0.25) is 4.79 Å². The molecule has 2 rings (SSSR count). The van der Waals surface area contributed by atoms with E-state index in [0.717, 1.165) is 6.07 Å². The van der Waals surface area contributed by atoms with Gasteiger partial charge in [-0.25, -0.2) is 9.18 Å². The molecule has 4 nitrogen and oxygen atoms in total. The first kappa shape index (κ1) is 13.7. The van der Waals surface area contributed by atoms with Gasteiger partial charge in [-0.2, -0.15) is 0 Å². The van der Waals surface area contributed by atoms with Crippen LogP contribution in [0.2, 0.25) is 0 Å². The highest BCUT2D eigenvalue weighted by molar-refractivity contribution is 6.09. The quantitative estimate of drug-likeness (QED) is 0.851. The summed E-state index contributed by atoms with van der Waals surface area (Å²) < 4.78 is 18.0. The van der Waals surface area contributed by atoms with Gasteiger partial charge in [0.1, 0.15) is 11.6 Å². The summed E-state index contributed by atoms with van der Waals surface area (Å²) in [5, 5.41) is 8.48. The van der Waals surface area contributed by atoms with Crippen LogP contribution in [0.25, 0.3) is 0 Å². The summed E-state index contributed by atoms with van der Waals surface area (Å²) in [6.07, 6.45) is 0. The zero-order valence-electron chi connectivity index (χ0n) is 10.4. The monoisotopic (exact) mass is 274 g/mol. The summed E-state index contributed by atoms with van der Waals surface area (Å²) in [6.45, 7) is -0.447. The van der Waals surface area contributed by atoms with Crippen LogP contribution in [-0.4, -0.2) is 23.5 Å². The van der Waals surface area contributed by atoms with Crippen LogP contribution in [0.4, 0.5) is 4.39 Å². The number of rotatable bonds is 5. The van der Waals surface area contributed by atoms with Crippen molar-refractivity contribution in [3.05, 3.63) is 65.5 Å². The summed E-state index contributed by atoms with van der Waals surface area (Å²) in [7, 11) is 0. The lowest BCUT2D eigenvalue weighted by Gasteiger charge is -2.05. The van der Waals surface area contributed by atoms with Crippen LogP contribution in [-0.2, 0) is 4.79 Å². The normalized spacial score (nSPS) is 10.1. The first-order valence-corrected chi connectivity index (χ1v) is 5.81. The van der Waals surface area contributed by atoms with Crippen molar-refractivity contribution in [2.24, 2.45) is 0 Å². The Bertz CT molecular complexity index is 635. The molecule has 0 saturated heterocycles. The number of carboxylic acids is 1. The Hall–Kier alpha value is -2.69. The van der Waals surface area contributed by atoms with Gasteiger partial charge in [0, 0.05) is 11.1 Å². The lowest BCUT2D eigenvalue weighted by molar-refractivity contribution is -0.139. The Balaban J connectivity index is 2.13. The number of halogens is 1. The molecule has 0 aliphatic heterocycles. The second kappa shape index (κ2) is 5.97. The summed E-state index contributed by atoms with van der Waals surface area (Å²) in [5.74, 6) is -1.51. The molecule has 2 aromatic carbocycles. The molecular weight excluding hydrogens is 263 g/mol. The second-order valence-electron chi connectivity index (χ2n) is 4.05. The molecule has 0 spiro atoms. The van der Waals surface area contributed by atoms with Crippen molar-refractivity contribution in [2.75, 3.05) is 6.61 Å². The number of carbonyl (C=O) groups excluding carboxylic acids is 1. The number of ether oxygens (including phenoxy) is 1. The number of carbonyl (C=O) groups is 2. The minimum atomic E-state index is -1.08. The van der Waals surface area contributed by atoms with E-state index in [2.05, 4.69) is 0 Å². The molecule has 102 valence electrons. The Morgan fingerprint density at radius 3 is 2.35 bits per heavy atom. The van der Waals surface area contributed by atoms with Crippen molar-refractivity contribution < 1.29 is 23.8 Å². The molecule has 0 aliphatic rings. The van der Waals surface area contributed by atoms with Crippen LogP contribution in [0.15, 0.2) is 48.5 Å². The fraction of sp³-hybridized carbons (Fsp3) is 0.0667. The minimum Gasteiger partial charge on any atom is -0.482 e. The average molecular weight is 274 g/mol. The molecule has 2 aromatic rings. The van der Waals surface area contributed by atoms with E-state index < -0.39 is 18.4 Å². The van der Waals surface area contributed by atoms with Gasteiger partial charge in [0.15, 0.2) is 12.4 Å². The van der Waals surface area contributed by atoms with Crippen LogP contribution in [0.3, 0.4) is 0 Å².